The van der Waals surface area contributed by atoms with Gasteiger partial charge in [0.2, 0.25) is 0 Å². The Kier molecular flexibility index (Phi) is 3.51. The lowest BCUT2D eigenvalue weighted by molar-refractivity contribution is 0.0602. The van der Waals surface area contributed by atoms with Crippen molar-refractivity contribution in [2.45, 2.75) is 0 Å². The van der Waals surface area contributed by atoms with Gasteiger partial charge in [-0.3, -0.25) is 0 Å². The van der Waals surface area contributed by atoms with Gasteiger partial charge < -0.3 is 9.30 Å². The van der Waals surface area contributed by atoms with Gasteiger partial charge in [-0.25, -0.2) is 9.78 Å². The second-order valence-electron chi connectivity index (χ2n) is 4.67. The van der Waals surface area contributed by atoms with Gasteiger partial charge >= 0.3 is 5.97 Å². The molecular weight excluding hydrogens is 332 g/mol. The van der Waals surface area contributed by atoms with E-state index in [9.17, 15) is 4.79 Å². The van der Waals surface area contributed by atoms with Crippen molar-refractivity contribution < 1.29 is 9.53 Å². The highest BCUT2D eigenvalue weighted by Gasteiger charge is 2.17. The number of aromatic nitrogens is 2. The molecule has 0 saturated carbocycles. The minimum absolute atomic E-state index is 0.356. The molecule has 0 spiro atoms. The number of methoxy groups -OCH3 is 1. The number of fused-ring (bicyclic) bond motifs is 1. The van der Waals surface area contributed by atoms with Crippen molar-refractivity contribution in [3.63, 3.8) is 0 Å². The fourth-order valence-corrected chi connectivity index (χ4v) is 2.67. The number of carbonyl (C=O) groups is 1. The molecule has 1 heterocycles. The van der Waals surface area contributed by atoms with Gasteiger partial charge in [0.05, 0.1) is 23.7 Å². The average Bonchev–Trinajstić information content (AvgIpc) is 2.84. The summed E-state index contributed by atoms with van der Waals surface area (Å²) >= 11 is 3.42. The Morgan fingerprint density at radius 3 is 2.57 bits per heavy atom. The van der Waals surface area contributed by atoms with E-state index in [1.165, 1.54) is 7.11 Å². The van der Waals surface area contributed by atoms with E-state index < -0.39 is 0 Å². The zero-order valence-electron chi connectivity index (χ0n) is 11.6. The molecule has 4 nitrogen and oxygen atoms in total. The third-order valence-corrected chi connectivity index (χ3v) is 3.93. The van der Waals surface area contributed by atoms with E-state index in [0.29, 0.717) is 5.56 Å². The van der Waals surface area contributed by atoms with E-state index in [4.69, 9.17) is 4.74 Å². The Labute approximate surface area is 130 Å². The second-order valence-corrected chi connectivity index (χ2v) is 5.58. The van der Waals surface area contributed by atoms with Crippen molar-refractivity contribution in [1.82, 2.24) is 9.55 Å². The molecule has 2 aromatic carbocycles. The van der Waals surface area contributed by atoms with Crippen LogP contribution in [0.25, 0.3) is 22.4 Å². The number of carbonyl (C=O) groups excluding carboxylic acids is 1. The molecular formula is C16H13BrN2O2. The number of hydrogen-bond acceptors (Lipinski definition) is 3. The van der Waals surface area contributed by atoms with Gasteiger partial charge in [0.25, 0.3) is 0 Å². The van der Waals surface area contributed by atoms with Gasteiger partial charge in [0, 0.05) is 17.1 Å². The molecule has 0 radical (unpaired) electrons. The summed E-state index contributed by atoms with van der Waals surface area (Å²) < 4.78 is 7.78. The van der Waals surface area contributed by atoms with Crippen LogP contribution in [-0.4, -0.2) is 22.6 Å². The van der Waals surface area contributed by atoms with Crippen LogP contribution in [0.5, 0.6) is 0 Å². The van der Waals surface area contributed by atoms with Crippen LogP contribution in [0.15, 0.2) is 46.9 Å². The molecule has 0 unspecified atom stereocenters. The molecule has 106 valence electrons. The SMILES string of the molecule is COC(=O)c1cccc2nc(-c3ccc(Br)cc3)n(C)c12. The summed E-state index contributed by atoms with van der Waals surface area (Å²) in [7, 11) is 3.28. The summed E-state index contributed by atoms with van der Waals surface area (Å²) in [6, 6.07) is 13.4. The third kappa shape index (κ3) is 2.34. The number of ether oxygens (including phenoxy) is 1. The van der Waals surface area contributed by atoms with Gasteiger partial charge in [0.1, 0.15) is 5.82 Å². The number of para-hydroxylation sites is 1. The molecule has 0 fully saturated rings. The predicted octanol–water partition coefficient (Wildman–Crippen LogP) is 3.79. The molecule has 3 aromatic rings. The van der Waals surface area contributed by atoms with E-state index in [-0.39, 0.29) is 5.97 Å². The average molecular weight is 345 g/mol. The summed E-state index contributed by atoms with van der Waals surface area (Å²) in [6.45, 7) is 0. The number of benzene rings is 2. The first-order valence-electron chi connectivity index (χ1n) is 6.41. The Morgan fingerprint density at radius 1 is 1.19 bits per heavy atom. The van der Waals surface area contributed by atoms with Crippen molar-refractivity contribution in [3.8, 4) is 11.4 Å². The number of rotatable bonds is 2. The minimum atomic E-state index is -0.356. The quantitative estimate of drug-likeness (QED) is 0.664. The molecule has 21 heavy (non-hydrogen) atoms. The van der Waals surface area contributed by atoms with Crippen molar-refractivity contribution in [2.75, 3.05) is 7.11 Å². The van der Waals surface area contributed by atoms with Crippen molar-refractivity contribution in [3.05, 3.63) is 52.5 Å². The third-order valence-electron chi connectivity index (χ3n) is 3.40. The summed E-state index contributed by atoms with van der Waals surface area (Å²) in [5, 5.41) is 0. The summed E-state index contributed by atoms with van der Waals surface area (Å²) in [5.74, 6) is 0.458. The molecule has 0 aliphatic rings. The normalized spacial score (nSPS) is 10.8. The van der Waals surface area contributed by atoms with Gasteiger partial charge in [-0.1, -0.05) is 34.1 Å². The molecule has 0 aliphatic heterocycles. The first-order valence-corrected chi connectivity index (χ1v) is 7.21. The highest BCUT2D eigenvalue weighted by atomic mass is 79.9. The number of hydrogen-bond donors (Lipinski definition) is 0. The first kappa shape index (κ1) is 13.8. The smallest absolute Gasteiger partial charge is 0.340 e. The minimum Gasteiger partial charge on any atom is -0.465 e. The maximum atomic E-state index is 11.9. The number of esters is 1. The Balaban J connectivity index is 2.25. The topological polar surface area (TPSA) is 44.1 Å². The number of halogens is 1. The van der Waals surface area contributed by atoms with Crippen LogP contribution in [0.1, 0.15) is 10.4 Å². The lowest BCUT2D eigenvalue weighted by Crippen LogP contribution is -2.04. The molecule has 0 aliphatic carbocycles. The Bertz CT molecular complexity index is 822. The molecule has 0 N–H and O–H groups in total. The van der Waals surface area contributed by atoms with Crippen LogP contribution in [-0.2, 0) is 11.8 Å². The molecule has 0 atom stereocenters. The van der Waals surface area contributed by atoms with E-state index in [1.807, 2.05) is 48.0 Å². The van der Waals surface area contributed by atoms with Crippen molar-refractivity contribution >= 4 is 32.9 Å². The number of nitrogens with zero attached hydrogens (tertiary/aromatic N) is 2. The van der Waals surface area contributed by atoms with Gasteiger partial charge in [0.15, 0.2) is 0 Å². The lowest BCUT2D eigenvalue weighted by Gasteiger charge is -2.05. The first-order chi connectivity index (χ1) is 10.1. The van der Waals surface area contributed by atoms with Crippen molar-refractivity contribution in [1.29, 1.82) is 0 Å². The van der Waals surface area contributed by atoms with Gasteiger partial charge in [-0.2, -0.15) is 0 Å². The van der Waals surface area contributed by atoms with Crippen LogP contribution < -0.4 is 0 Å². The van der Waals surface area contributed by atoms with E-state index in [1.54, 1.807) is 6.07 Å². The summed E-state index contributed by atoms with van der Waals surface area (Å²) in [5.41, 5.74) is 3.07. The van der Waals surface area contributed by atoms with Crippen LogP contribution in [0, 0.1) is 0 Å². The fraction of sp³-hybridized carbons (Fsp3) is 0.125. The standard InChI is InChI=1S/C16H13BrN2O2/c1-19-14-12(16(20)21-2)4-3-5-13(14)18-15(19)10-6-8-11(17)9-7-10/h3-9H,1-2H3. The zero-order chi connectivity index (χ0) is 15.0. The van der Waals surface area contributed by atoms with Gasteiger partial charge in [-0.15, -0.1) is 0 Å². The van der Waals surface area contributed by atoms with Crippen molar-refractivity contribution in [2.24, 2.45) is 7.05 Å². The van der Waals surface area contributed by atoms with Crippen LogP contribution >= 0.6 is 15.9 Å². The molecule has 3 rings (SSSR count). The zero-order valence-corrected chi connectivity index (χ0v) is 13.2. The van der Waals surface area contributed by atoms with Crippen LogP contribution in [0.2, 0.25) is 0 Å². The second kappa shape index (κ2) is 5.33. The highest BCUT2D eigenvalue weighted by molar-refractivity contribution is 9.10. The van der Waals surface area contributed by atoms with E-state index in [0.717, 1.165) is 26.9 Å². The summed E-state index contributed by atoms with van der Waals surface area (Å²) in [6.07, 6.45) is 0. The number of aryl methyl sites for hydroxylation is 1. The van der Waals surface area contributed by atoms with Crippen LogP contribution in [0.3, 0.4) is 0 Å². The molecule has 0 amide bonds. The largest absolute Gasteiger partial charge is 0.465 e. The number of imidazole rings is 1. The lowest BCUT2D eigenvalue weighted by atomic mass is 10.2. The monoisotopic (exact) mass is 344 g/mol. The molecule has 0 saturated heterocycles. The van der Waals surface area contributed by atoms with Crippen LogP contribution in [0.4, 0.5) is 0 Å². The predicted molar refractivity (Wildman–Crippen MR) is 85.2 cm³/mol. The Hall–Kier alpha value is -2.14. The maximum absolute atomic E-state index is 11.9. The Morgan fingerprint density at radius 2 is 1.90 bits per heavy atom. The maximum Gasteiger partial charge on any atom is 0.340 e. The van der Waals surface area contributed by atoms with Gasteiger partial charge in [-0.05, 0) is 24.3 Å². The van der Waals surface area contributed by atoms with E-state index in [2.05, 4.69) is 20.9 Å². The summed E-state index contributed by atoms with van der Waals surface area (Å²) in [4.78, 5) is 16.5. The van der Waals surface area contributed by atoms with E-state index >= 15 is 0 Å². The molecule has 1 aromatic heterocycles. The fourth-order valence-electron chi connectivity index (χ4n) is 2.40. The highest BCUT2D eigenvalue weighted by Crippen LogP contribution is 2.27. The molecule has 5 heteroatoms. The molecule has 0 bridgehead atoms.